The highest BCUT2D eigenvalue weighted by Gasteiger charge is 1.99. The van der Waals surface area contributed by atoms with Crippen LogP contribution in [0, 0.1) is 0 Å². The Labute approximate surface area is 135 Å². The number of rotatable bonds is 5. The van der Waals surface area contributed by atoms with E-state index < -0.39 is 0 Å². The highest BCUT2D eigenvalue weighted by Crippen LogP contribution is 2.30. The molecule has 0 aliphatic heterocycles. The van der Waals surface area contributed by atoms with E-state index in [4.69, 9.17) is 4.74 Å². The molecular weight excluding hydrogens is 290 g/mol. The minimum atomic E-state index is 0.881. The van der Waals surface area contributed by atoms with Gasteiger partial charge in [-0.3, -0.25) is 0 Å². The molecule has 0 saturated heterocycles. The van der Waals surface area contributed by atoms with Gasteiger partial charge < -0.3 is 10.1 Å². The lowest BCUT2D eigenvalue weighted by Crippen LogP contribution is -1.88. The van der Waals surface area contributed by atoms with Gasteiger partial charge in [0.2, 0.25) is 0 Å². The first-order chi connectivity index (χ1) is 10.8. The molecule has 0 aliphatic rings. The van der Waals surface area contributed by atoms with Gasteiger partial charge in [0.05, 0.1) is 7.11 Å². The Kier molecular flexibility index (Phi) is 4.66. The van der Waals surface area contributed by atoms with E-state index in [1.165, 1.54) is 9.79 Å². The molecule has 0 fully saturated rings. The monoisotopic (exact) mass is 307 g/mol. The molecule has 0 saturated carbocycles. The van der Waals surface area contributed by atoms with Crippen LogP contribution < -0.4 is 10.1 Å². The van der Waals surface area contributed by atoms with E-state index in [-0.39, 0.29) is 0 Å². The lowest BCUT2D eigenvalue weighted by atomic mass is 10.3. The minimum Gasteiger partial charge on any atom is -0.497 e. The quantitative estimate of drug-likeness (QED) is 0.664. The van der Waals surface area contributed by atoms with Gasteiger partial charge in [-0.05, 0) is 60.7 Å². The predicted molar refractivity (Wildman–Crippen MR) is 93.3 cm³/mol. The molecular formula is C19H17NOS. The van der Waals surface area contributed by atoms with Crippen molar-refractivity contribution in [1.29, 1.82) is 0 Å². The fourth-order valence-corrected chi connectivity index (χ4v) is 2.89. The van der Waals surface area contributed by atoms with Gasteiger partial charge in [0, 0.05) is 21.2 Å². The summed E-state index contributed by atoms with van der Waals surface area (Å²) in [6.07, 6.45) is 0. The maximum absolute atomic E-state index is 5.17. The molecule has 3 aromatic rings. The van der Waals surface area contributed by atoms with Gasteiger partial charge in [0.25, 0.3) is 0 Å². The zero-order chi connectivity index (χ0) is 15.2. The highest BCUT2D eigenvalue weighted by atomic mass is 32.2. The predicted octanol–water partition coefficient (Wildman–Crippen LogP) is 5.59. The van der Waals surface area contributed by atoms with Gasteiger partial charge in [0.1, 0.15) is 5.75 Å². The maximum Gasteiger partial charge on any atom is 0.118 e. The second-order valence-electron chi connectivity index (χ2n) is 4.79. The lowest BCUT2D eigenvalue weighted by molar-refractivity contribution is 0.414. The van der Waals surface area contributed by atoms with Crippen molar-refractivity contribution in [3.63, 3.8) is 0 Å². The van der Waals surface area contributed by atoms with Crippen molar-refractivity contribution in [3.05, 3.63) is 78.9 Å². The fourth-order valence-electron chi connectivity index (χ4n) is 2.07. The smallest absolute Gasteiger partial charge is 0.118 e. The van der Waals surface area contributed by atoms with Gasteiger partial charge in [-0.1, -0.05) is 30.0 Å². The van der Waals surface area contributed by atoms with Crippen molar-refractivity contribution < 1.29 is 4.74 Å². The second kappa shape index (κ2) is 7.05. The summed E-state index contributed by atoms with van der Waals surface area (Å²) in [7, 11) is 1.68. The molecule has 2 nitrogen and oxygen atoms in total. The summed E-state index contributed by atoms with van der Waals surface area (Å²) >= 11 is 1.74. The van der Waals surface area contributed by atoms with Crippen molar-refractivity contribution in [3.8, 4) is 5.75 Å². The van der Waals surface area contributed by atoms with E-state index in [9.17, 15) is 0 Å². The molecule has 110 valence electrons. The molecule has 22 heavy (non-hydrogen) atoms. The van der Waals surface area contributed by atoms with Crippen molar-refractivity contribution >= 4 is 23.1 Å². The lowest BCUT2D eigenvalue weighted by Gasteiger charge is -2.07. The topological polar surface area (TPSA) is 21.3 Å². The van der Waals surface area contributed by atoms with E-state index in [1.807, 2.05) is 30.3 Å². The van der Waals surface area contributed by atoms with E-state index in [0.29, 0.717) is 0 Å². The Balaban J connectivity index is 1.66. The first-order valence-electron chi connectivity index (χ1n) is 7.07. The van der Waals surface area contributed by atoms with Crippen LogP contribution in [0.5, 0.6) is 5.75 Å². The van der Waals surface area contributed by atoms with E-state index in [1.54, 1.807) is 18.9 Å². The zero-order valence-corrected chi connectivity index (χ0v) is 13.1. The van der Waals surface area contributed by atoms with Crippen LogP contribution >= 0.6 is 11.8 Å². The zero-order valence-electron chi connectivity index (χ0n) is 12.3. The molecule has 3 rings (SSSR count). The fraction of sp³-hybridized carbons (Fsp3) is 0.0526. The van der Waals surface area contributed by atoms with Crippen LogP contribution in [-0.4, -0.2) is 7.11 Å². The van der Waals surface area contributed by atoms with Gasteiger partial charge in [-0.25, -0.2) is 0 Å². The number of nitrogens with one attached hydrogen (secondary N) is 1. The van der Waals surface area contributed by atoms with Crippen molar-refractivity contribution in [2.24, 2.45) is 0 Å². The van der Waals surface area contributed by atoms with Gasteiger partial charge >= 0.3 is 0 Å². The summed E-state index contributed by atoms with van der Waals surface area (Å²) in [6, 6.07) is 26.7. The Bertz CT molecular complexity index is 709. The number of hydrogen-bond acceptors (Lipinski definition) is 3. The molecule has 0 amide bonds. The molecule has 3 aromatic carbocycles. The van der Waals surface area contributed by atoms with E-state index >= 15 is 0 Å². The number of anilines is 2. The third-order valence-corrected chi connectivity index (χ3v) is 4.23. The molecule has 0 aromatic heterocycles. The van der Waals surface area contributed by atoms with Crippen LogP contribution in [0.15, 0.2) is 88.7 Å². The second-order valence-corrected chi connectivity index (χ2v) is 5.94. The Hall–Kier alpha value is -2.39. The van der Waals surface area contributed by atoms with Crippen LogP contribution in [0.3, 0.4) is 0 Å². The molecule has 1 N–H and O–H groups in total. The number of ether oxygens (including phenoxy) is 1. The minimum absolute atomic E-state index is 0.881. The number of benzene rings is 3. The molecule has 3 heteroatoms. The van der Waals surface area contributed by atoms with Crippen LogP contribution in [0.4, 0.5) is 11.4 Å². The number of para-hydroxylation sites is 1. The summed E-state index contributed by atoms with van der Waals surface area (Å²) in [5.74, 6) is 0.881. The van der Waals surface area contributed by atoms with Crippen molar-refractivity contribution in [2.45, 2.75) is 9.79 Å². The van der Waals surface area contributed by atoms with Gasteiger partial charge in [-0.2, -0.15) is 0 Å². The van der Waals surface area contributed by atoms with Gasteiger partial charge in [0.15, 0.2) is 0 Å². The SMILES string of the molecule is COc1ccc(Sc2ccc(Nc3ccccc3)cc2)cc1. The summed E-state index contributed by atoms with van der Waals surface area (Å²) in [6.45, 7) is 0. The largest absolute Gasteiger partial charge is 0.497 e. The van der Waals surface area contributed by atoms with Crippen LogP contribution in [0.1, 0.15) is 0 Å². The van der Waals surface area contributed by atoms with E-state index in [0.717, 1.165) is 17.1 Å². The average molecular weight is 307 g/mol. The summed E-state index contributed by atoms with van der Waals surface area (Å²) in [5.41, 5.74) is 2.18. The third kappa shape index (κ3) is 3.83. The molecule has 0 radical (unpaired) electrons. The molecule has 0 bridgehead atoms. The Morgan fingerprint density at radius 2 is 1.23 bits per heavy atom. The molecule has 0 heterocycles. The van der Waals surface area contributed by atoms with Crippen LogP contribution in [0.2, 0.25) is 0 Å². The summed E-state index contributed by atoms with van der Waals surface area (Å²) in [4.78, 5) is 2.41. The summed E-state index contributed by atoms with van der Waals surface area (Å²) < 4.78 is 5.17. The standard InChI is InChI=1S/C19H17NOS/c1-21-17-9-13-19(14-10-17)22-18-11-7-16(8-12-18)20-15-5-3-2-4-6-15/h2-14,20H,1H3. The first-order valence-corrected chi connectivity index (χ1v) is 7.89. The van der Waals surface area contributed by atoms with E-state index in [2.05, 4.69) is 53.8 Å². The Morgan fingerprint density at radius 1 is 0.682 bits per heavy atom. The highest BCUT2D eigenvalue weighted by molar-refractivity contribution is 7.99. The van der Waals surface area contributed by atoms with Gasteiger partial charge in [-0.15, -0.1) is 0 Å². The molecule has 0 unspecified atom stereocenters. The third-order valence-electron chi connectivity index (χ3n) is 3.21. The average Bonchev–Trinajstić information content (AvgIpc) is 2.58. The maximum atomic E-state index is 5.17. The van der Waals surface area contributed by atoms with Crippen molar-refractivity contribution in [2.75, 3.05) is 12.4 Å². The Morgan fingerprint density at radius 3 is 1.82 bits per heavy atom. The molecule has 0 spiro atoms. The number of hydrogen-bond donors (Lipinski definition) is 1. The first kappa shape index (κ1) is 14.5. The van der Waals surface area contributed by atoms with Crippen molar-refractivity contribution in [1.82, 2.24) is 0 Å². The van der Waals surface area contributed by atoms with Crippen LogP contribution in [0.25, 0.3) is 0 Å². The normalized spacial score (nSPS) is 10.2. The number of methoxy groups -OCH3 is 1. The summed E-state index contributed by atoms with van der Waals surface area (Å²) in [5, 5.41) is 3.38. The van der Waals surface area contributed by atoms with Crippen LogP contribution in [-0.2, 0) is 0 Å². The molecule has 0 atom stereocenters. The molecule has 0 aliphatic carbocycles.